The van der Waals surface area contributed by atoms with E-state index >= 15 is 0 Å². The van der Waals surface area contributed by atoms with Crippen LogP contribution in [0.1, 0.15) is 27.2 Å². The van der Waals surface area contributed by atoms with Gasteiger partial charge in [-0.15, -0.1) is 0 Å². The molecule has 0 aromatic heterocycles. The maximum Gasteiger partial charge on any atom is 0.187 e. The molecule has 8 heteroatoms. The van der Waals surface area contributed by atoms with Crippen LogP contribution in [0.15, 0.2) is 0 Å². The molecule has 28 heavy (non-hydrogen) atoms. The van der Waals surface area contributed by atoms with Crippen LogP contribution in [0.5, 0.6) is 0 Å². The Balaban J connectivity index is 2.23. The van der Waals surface area contributed by atoms with Crippen LogP contribution in [0.4, 0.5) is 0 Å². The van der Waals surface area contributed by atoms with Gasteiger partial charge >= 0.3 is 0 Å². The normalized spacial score (nSPS) is 44.6. The Labute approximate surface area is 169 Å². The Morgan fingerprint density at radius 3 is 1.75 bits per heavy atom. The van der Waals surface area contributed by atoms with Crippen molar-refractivity contribution in [2.24, 2.45) is 11.8 Å². The lowest BCUT2D eigenvalue weighted by atomic mass is 9.88. The van der Waals surface area contributed by atoms with Crippen molar-refractivity contribution >= 4 is 0 Å². The van der Waals surface area contributed by atoms with Gasteiger partial charge in [-0.3, -0.25) is 0 Å². The summed E-state index contributed by atoms with van der Waals surface area (Å²) < 4.78 is 46.8. The van der Waals surface area contributed by atoms with Crippen molar-refractivity contribution < 1.29 is 37.9 Å². The first-order valence-electron chi connectivity index (χ1n) is 10.0. The van der Waals surface area contributed by atoms with Gasteiger partial charge in [0.1, 0.15) is 12.2 Å². The Hall–Kier alpha value is -0.320. The van der Waals surface area contributed by atoms with E-state index < -0.39 is 12.6 Å². The fraction of sp³-hybridized carbons (Fsp3) is 1.00. The minimum absolute atomic E-state index is 0.0379. The van der Waals surface area contributed by atoms with Crippen LogP contribution in [0.25, 0.3) is 0 Å². The highest BCUT2D eigenvalue weighted by Gasteiger charge is 2.50. The summed E-state index contributed by atoms with van der Waals surface area (Å²) in [6.45, 7) is 6.68. The zero-order valence-electron chi connectivity index (χ0n) is 18.5. The van der Waals surface area contributed by atoms with Crippen LogP contribution in [0.3, 0.4) is 0 Å². The zero-order valence-corrected chi connectivity index (χ0v) is 18.5. The van der Waals surface area contributed by atoms with Gasteiger partial charge in [0.05, 0.1) is 31.0 Å². The molecule has 8 nitrogen and oxygen atoms in total. The largest absolute Gasteiger partial charge is 0.382 e. The second kappa shape index (κ2) is 11.2. The first-order valence-corrected chi connectivity index (χ1v) is 10.0. The molecule has 2 heterocycles. The summed E-state index contributed by atoms with van der Waals surface area (Å²) in [5, 5.41) is 0. The molecule has 0 aromatic rings. The van der Waals surface area contributed by atoms with E-state index in [1.807, 2.05) is 0 Å². The van der Waals surface area contributed by atoms with E-state index in [9.17, 15) is 0 Å². The molecule has 0 aliphatic carbocycles. The number of ether oxygens (including phenoxy) is 8. The smallest absolute Gasteiger partial charge is 0.187 e. The third-order valence-electron chi connectivity index (χ3n) is 6.06. The summed E-state index contributed by atoms with van der Waals surface area (Å²) >= 11 is 0. The standard InChI is InChI=1S/C20H38O8/c1-9-13-15(12(3)17(23-6)19(25-8)26-13)28-20-18(24-7)16(22-5)11(2)14(27-20)10-21-4/h11-20H,9-10H2,1-8H3/t11-,12?,13?,14?,15-,16?,17?,18?,19?,20?/m1/s1. The molecule has 2 aliphatic rings. The third kappa shape index (κ3) is 4.87. The predicted molar refractivity (Wildman–Crippen MR) is 102 cm³/mol. The van der Waals surface area contributed by atoms with Gasteiger partial charge in [0.2, 0.25) is 0 Å². The lowest BCUT2D eigenvalue weighted by molar-refractivity contribution is -0.348. The Kier molecular flexibility index (Phi) is 9.56. The monoisotopic (exact) mass is 406 g/mol. The molecule has 0 amide bonds. The average Bonchev–Trinajstić information content (AvgIpc) is 2.70. The van der Waals surface area contributed by atoms with Crippen LogP contribution in [-0.4, -0.2) is 91.4 Å². The first-order chi connectivity index (χ1) is 13.5. The van der Waals surface area contributed by atoms with Gasteiger partial charge in [-0.25, -0.2) is 0 Å². The van der Waals surface area contributed by atoms with Gasteiger partial charge in [-0.05, 0) is 6.42 Å². The molecule has 2 rings (SSSR count). The zero-order chi connectivity index (χ0) is 20.8. The quantitative estimate of drug-likeness (QED) is 0.574. The van der Waals surface area contributed by atoms with Crippen molar-refractivity contribution in [2.45, 2.75) is 76.4 Å². The second-order valence-electron chi connectivity index (χ2n) is 7.61. The van der Waals surface area contributed by atoms with Crippen molar-refractivity contribution in [3.05, 3.63) is 0 Å². The number of hydrogen-bond donors (Lipinski definition) is 0. The molecule has 0 aromatic carbocycles. The van der Waals surface area contributed by atoms with E-state index in [-0.39, 0.29) is 48.5 Å². The number of hydrogen-bond acceptors (Lipinski definition) is 8. The highest BCUT2D eigenvalue weighted by Crippen LogP contribution is 2.36. The third-order valence-corrected chi connectivity index (χ3v) is 6.06. The molecule has 2 aliphatic heterocycles. The van der Waals surface area contributed by atoms with Crippen LogP contribution in [0.2, 0.25) is 0 Å². The van der Waals surface area contributed by atoms with Crippen molar-refractivity contribution in [1.82, 2.24) is 0 Å². The summed E-state index contributed by atoms with van der Waals surface area (Å²) in [5.74, 6) is 0.136. The fourth-order valence-electron chi connectivity index (χ4n) is 4.41. The molecule has 0 saturated carbocycles. The van der Waals surface area contributed by atoms with E-state index in [0.717, 1.165) is 6.42 Å². The summed E-state index contributed by atoms with van der Waals surface area (Å²) in [5.41, 5.74) is 0. The molecular weight excluding hydrogens is 368 g/mol. The maximum absolute atomic E-state index is 6.49. The van der Waals surface area contributed by atoms with E-state index in [1.54, 1.807) is 35.5 Å². The van der Waals surface area contributed by atoms with Gasteiger partial charge in [0.15, 0.2) is 12.6 Å². The highest BCUT2D eigenvalue weighted by molar-refractivity contribution is 4.93. The molecule has 2 saturated heterocycles. The van der Waals surface area contributed by atoms with Crippen molar-refractivity contribution in [3.8, 4) is 0 Å². The van der Waals surface area contributed by atoms with Crippen LogP contribution >= 0.6 is 0 Å². The van der Waals surface area contributed by atoms with Gasteiger partial charge in [0.25, 0.3) is 0 Å². The van der Waals surface area contributed by atoms with Gasteiger partial charge < -0.3 is 37.9 Å². The molecule has 0 radical (unpaired) electrons. The van der Waals surface area contributed by atoms with Crippen molar-refractivity contribution in [3.63, 3.8) is 0 Å². The fourth-order valence-corrected chi connectivity index (χ4v) is 4.41. The van der Waals surface area contributed by atoms with Gasteiger partial charge in [-0.2, -0.15) is 0 Å². The summed E-state index contributed by atoms with van der Waals surface area (Å²) in [7, 11) is 8.28. The second-order valence-corrected chi connectivity index (χ2v) is 7.61. The van der Waals surface area contributed by atoms with Gasteiger partial charge in [0, 0.05) is 47.4 Å². The molecule has 8 unspecified atom stereocenters. The summed E-state index contributed by atoms with van der Waals surface area (Å²) in [6.07, 6.45) is -1.57. The Morgan fingerprint density at radius 1 is 0.643 bits per heavy atom. The van der Waals surface area contributed by atoms with E-state index in [2.05, 4.69) is 20.8 Å². The van der Waals surface area contributed by atoms with E-state index in [4.69, 9.17) is 37.9 Å². The Morgan fingerprint density at radius 2 is 1.25 bits per heavy atom. The molecule has 0 bridgehead atoms. The molecule has 166 valence electrons. The number of rotatable bonds is 9. The predicted octanol–water partition coefficient (Wildman–Crippen LogP) is 1.84. The van der Waals surface area contributed by atoms with E-state index in [0.29, 0.717) is 6.61 Å². The summed E-state index contributed by atoms with van der Waals surface area (Å²) in [4.78, 5) is 0. The lowest BCUT2D eigenvalue weighted by Crippen LogP contribution is -2.61. The Bertz CT molecular complexity index is 450. The minimum atomic E-state index is -0.604. The highest BCUT2D eigenvalue weighted by atomic mass is 16.7. The molecule has 0 N–H and O–H groups in total. The molecule has 10 atom stereocenters. The lowest BCUT2D eigenvalue weighted by Gasteiger charge is -2.49. The summed E-state index contributed by atoms with van der Waals surface area (Å²) in [6, 6.07) is 0. The SMILES string of the molecule is CCC1OC(OC)C(OC)C(C)[C@H]1OC1OC(COC)[C@@H](C)C(OC)C1OC. The van der Waals surface area contributed by atoms with Crippen molar-refractivity contribution in [1.29, 1.82) is 0 Å². The van der Waals surface area contributed by atoms with Gasteiger partial charge in [-0.1, -0.05) is 20.8 Å². The van der Waals surface area contributed by atoms with Crippen molar-refractivity contribution in [2.75, 3.05) is 42.2 Å². The first kappa shape index (κ1) is 24.0. The maximum atomic E-state index is 6.49. The van der Waals surface area contributed by atoms with Crippen LogP contribution in [0, 0.1) is 11.8 Å². The average molecular weight is 407 g/mol. The topological polar surface area (TPSA) is 73.8 Å². The number of methoxy groups -OCH3 is 5. The van der Waals surface area contributed by atoms with Crippen LogP contribution < -0.4 is 0 Å². The minimum Gasteiger partial charge on any atom is -0.382 e. The molecular formula is C20H38O8. The van der Waals surface area contributed by atoms with Crippen LogP contribution in [-0.2, 0) is 37.9 Å². The molecule has 0 spiro atoms. The van der Waals surface area contributed by atoms with E-state index in [1.165, 1.54) is 0 Å². The molecule has 2 fully saturated rings.